The zero-order valence-electron chi connectivity index (χ0n) is 17.9. The first-order chi connectivity index (χ1) is 14.9. The predicted molar refractivity (Wildman–Crippen MR) is 123 cm³/mol. The first kappa shape index (κ1) is 21.7. The Morgan fingerprint density at radius 1 is 1.13 bits per heavy atom. The van der Waals surface area contributed by atoms with Gasteiger partial charge in [-0.2, -0.15) is 0 Å². The van der Waals surface area contributed by atoms with Crippen LogP contribution in [-0.2, 0) is 6.54 Å². The van der Waals surface area contributed by atoms with Crippen LogP contribution in [0.4, 0.5) is 4.39 Å². The first-order valence-corrected chi connectivity index (χ1v) is 11.3. The van der Waals surface area contributed by atoms with E-state index in [2.05, 4.69) is 22.2 Å². The third kappa shape index (κ3) is 4.87. The van der Waals surface area contributed by atoms with E-state index in [-0.39, 0.29) is 17.3 Å². The number of carbonyl (C=O) groups is 1. The van der Waals surface area contributed by atoms with Gasteiger partial charge >= 0.3 is 0 Å². The molecule has 8 heteroatoms. The molecule has 1 saturated heterocycles. The lowest BCUT2D eigenvalue weighted by Crippen LogP contribution is -2.46. The molecule has 4 rings (SSSR count). The number of aryl methyl sites for hydroxylation is 1. The fourth-order valence-electron chi connectivity index (χ4n) is 3.94. The lowest BCUT2D eigenvalue weighted by atomic mass is 10.1. The van der Waals surface area contributed by atoms with Gasteiger partial charge in [-0.25, -0.2) is 4.39 Å². The number of benzene rings is 1. The topological polar surface area (TPSA) is 57.6 Å². The van der Waals surface area contributed by atoms with Crippen LogP contribution in [0.5, 0.6) is 0 Å². The van der Waals surface area contributed by atoms with Gasteiger partial charge in [-0.05, 0) is 37.7 Å². The molecule has 6 nitrogen and oxygen atoms in total. The van der Waals surface area contributed by atoms with E-state index >= 15 is 0 Å². The molecule has 3 aromatic rings. The van der Waals surface area contributed by atoms with Crippen LogP contribution in [0.1, 0.15) is 20.8 Å². The van der Waals surface area contributed by atoms with Crippen LogP contribution in [0.3, 0.4) is 0 Å². The molecule has 0 radical (unpaired) electrons. The zero-order valence-corrected chi connectivity index (χ0v) is 18.7. The molecular formula is C23H27FN4O2S. The number of thiophene rings is 1. The van der Waals surface area contributed by atoms with E-state index in [0.29, 0.717) is 24.0 Å². The third-order valence-electron chi connectivity index (χ3n) is 5.79. The third-order valence-corrected chi connectivity index (χ3v) is 6.87. The Bertz CT molecular complexity index is 1130. The van der Waals surface area contributed by atoms with Crippen molar-refractivity contribution < 1.29 is 9.18 Å². The van der Waals surface area contributed by atoms with E-state index < -0.39 is 0 Å². The van der Waals surface area contributed by atoms with Gasteiger partial charge in [0.15, 0.2) is 0 Å². The molecule has 1 fully saturated rings. The first-order valence-electron chi connectivity index (χ1n) is 10.5. The maximum absolute atomic E-state index is 13.2. The SMILES string of the molecule is Cc1sc2ccn(Cc3ccc(F)cc3)c(=O)c2c1C(=O)NCCN1CCN(C)CC1. The highest BCUT2D eigenvalue weighted by Crippen LogP contribution is 2.28. The van der Waals surface area contributed by atoms with Crippen molar-refractivity contribution in [3.05, 3.63) is 68.7 Å². The summed E-state index contributed by atoms with van der Waals surface area (Å²) >= 11 is 1.46. The monoisotopic (exact) mass is 442 g/mol. The Labute approximate surface area is 184 Å². The largest absolute Gasteiger partial charge is 0.351 e. The molecule has 3 heterocycles. The number of rotatable bonds is 6. The summed E-state index contributed by atoms with van der Waals surface area (Å²) in [5, 5.41) is 3.46. The van der Waals surface area contributed by atoms with Gasteiger partial charge in [0, 0.05) is 55.0 Å². The highest BCUT2D eigenvalue weighted by atomic mass is 32.1. The number of nitrogens with zero attached hydrogens (tertiary/aromatic N) is 3. The number of carbonyl (C=O) groups excluding carboxylic acids is 1. The summed E-state index contributed by atoms with van der Waals surface area (Å²) in [7, 11) is 2.12. The molecule has 1 aromatic carbocycles. The second-order valence-electron chi connectivity index (χ2n) is 8.05. The Morgan fingerprint density at radius 2 is 1.84 bits per heavy atom. The second kappa shape index (κ2) is 9.30. The Balaban J connectivity index is 1.51. The van der Waals surface area contributed by atoms with E-state index in [1.165, 1.54) is 23.5 Å². The van der Waals surface area contributed by atoms with Crippen LogP contribution in [0.2, 0.25) is 0 Å². The molecule has 0 unspecified atom stereocenters. The molecule has 0 aliphatic carbocycles. The molecular weight excluding hydrogens is 415 g/mol. The molecule has 1 aliphatic rings. The Kier molecular flexibility index (Phi) is 6.50. The second-order valence-corrected chi connectivity index (χ2v) is 9.30. The van der Waals surface area contributed by atoms with Gasteiger partial charge in [0.25, 0.3) is 11.5 Å². The van der Waals surface area contributed by atoms with Gasteiger partial charge in [0.1, 0.15) is 5.82 Å². The predicted octanol–water partition coefficient (Wildman–Crippen LogP) is 2.54. The standard InChI is InChI=1S/C23H27FN4O2S/c1-16-20(22(29)25-8-10-27-13-11-26(2)12-14-27)21-19(31-16)7-9-28(23(21)30)15-17-3-5-18(24)6-4-17/h3-7,9H,8,10-15H2,1-2H3,(H,25,29). The van der Waals surface area contributed by atoms with Crippen molar-refractivity contribution in [2.24, 2.45) is 0 Å². The van der Waals surface area contributed by atoms with E-state index in [1.54, 1.807) is 22.9 Å². The smallest absolute Gasteiger partial charge is 0.260 e. The summed E-state index contributed by atoms with van der Waals surface area (Å²) in [6.45, 7) is 7.64. The average molecular weight is 443 g/mol. The average Bonchev–Trinajstić information content (AvgIpc) is 3.10. The number of likely N-dealkylation sites (N-methyl/N-ethyl adjacent to an activating group) is 1. The fourth-order valence-corrected chi connectivity index (χ4v) is 4.98. The summed E-state index contributed by atoms with van der Waals surface area (Å²) in [5.74, 6) is -0.509. The molecule has 1 aliphatic heterocycles. The van der Waals surface area contributed by atoms with Crippen molar-refractivity contribution in [3.63, 3.8) is 0 Å². The molecule has 0 spiro atoms. The lowest BCUT2D eigenvalue weighted by molar-refractivity contribution is 0.0942. The number of aromatic nitrogens is 1. The van der Waals surface area contributed by atoms with E-state index in [0.717, 1.165) is 47.9 Å². The van der Waals surface area contributed by atoms with Crippen molar-refractivity contribution in [1.82, 2.24) is 19.7 Å². The minimum atomic E-state index is -0.310. The highest BCUT2D eigenvalue weighted by Gasteiger charge is 2.20. The van der Waals surface area contributed by atoms with Crippen molar-refractivity contribution in [3.8, 4) is 0 Å². The van der Waals surface area contributed by atoms with E-state index in [1.807, 2.05) is 13.0 Å². The highest BCUT2D eigenvalue weighted by molar-refractivity contribution is 7.19. The van der Waals surface area contributed by atoms with E-state index in [4.69, 9.17) is 0 Å². The van der Waals surface area contributed by atoms with Crippen LogP contribution in [0, 0.1) is 12.7 Å². The van der Waals surface area contributed by atoms with Crippen LogP contribution in [0.25, 0.3) is 10.1 Å². The summed E-state index contributed by atoms with van der Waals surface area (Å²) in [4.78, 5) is 31.6. The number of fused-ring (bicyclic) bond motifs is 1. The number of amides is 1. The quantitative estimate of drug-likeness (QED) is 0.638. The molecule has 0 saturated carbocycles. The maximum Gasteiger partial charge on any atom is 0.260 e. The van der Waals surface area contributed by atoms with Gasteiger partial charge < -0.3 is 14.8 Å². The van der Waals surface area contributed by atoms with Gasteiger partial charge in [0.05, 0.1) is 17.5 Å². The number of hydrogen-bond donors (Lipinski definition) is 1. The molecule has 31 heavy (non-hydrogen) atoms. The molecule has 0 bridgehead atoms. The maximum atomic E-state index is 13.2. The minimum Gasteiger partial charge on any atom is -0.351 e. The molecule has 2 aromatic heterocycles. The van der Waals surface area contributed by atoms with Crippen LogP contribution < -0.4 is 10.9 Å². The van der Waals surface area contributed by atoms with Crippen molar-refractivity contribution in [2.45, 2.75) is 13.5 Å². The van der Waals surface area contributed by atoms with Gasteiger partial charge in [-0.3, -0.25) is 14.5 Å². The normalized spacial score (nSPS) is 15.5. The van der Waals surface area contributed by atoms with Gasteiger partial charge in [-0.1, -0.05) is 12.1 Å². The zero-order chi connectivity index (χ0) is 22.0. The van der Waals surface area contributed by atoms with Crippen LogP contribution in [0.15, 0.2) is 41.3 Å². The minimum absolute atomic E-state index is 0.199. The molecule has 164 valence electrons. The summed E-state index contributed by atoms with van der Waals surface area (Å²) in [5.41, 5.74) is 1.10. The van der Waals surface area contributed by atoms with Gasteiger partial charge in [-0.15, -0.1) is 11.3 Å². The Morgan fingerprint density at radius 3 is 2.55 bits per heavy atom. The number of pyridine rings is 1. The number of nitrogens with one attached hydrogen (secondary N) is 1. The fraction of sp³-hybridized carbons (Fsp3) is 0.391. The van der Waals surface area contributed by atoms with Crippen LogP contribution in [-0.4, -0.2) is 66.6 Å². The summed E-state index contributed by atoms with van der Waals surface area (Å²) in [6, 6.07) is 7.96. The lowest BCUT2D eigenvalue weighted by Gasteiger charge is -2.32. The number of halogens is 1. The summed E-state index contributed by atoms with van der Waals surface area (Å²) in [6.07, 6.45) is 1.74. The van der Waals surface area contributed by atoms with Crippen molar-refractivity contribution >= 4 is 27.3 Å². The molecule has 0 atom stereocenters. The molecule has 1 amide bonds. The van der Waals surface area contributed by atoms with Crippen LogP contribution >= 0.6 is 11.3 Å². The van der Waals surface area contributed by atoms with Crippen molar-refractivity contribution in [1.29, 1.82) is 0 Å². The van der Waals surface area contributed by atoms with E-state index in [9.17, 15) is 14.0 Å². The van der Waals surface area contributed by atoms with Gasteiger partial charge in [0.2, 0.25) is 0 Å². The number of hydrogen-bond acceptors (Lipinski definition) is 5. The van der Waals surface area contributed by atoms with Crippen molar-refractivity contribution in [2.75, 3.05) is 46.3 Å². The number of piperazine rings is 1. The molecule has 1 N–H and O–H groups in total. The summed E-state index contributed by atoms with van der Waals surface area (Å²) < 4.78 is 15.6. The Hall–Kier alpha value is -2.55.